The van der Waals surface area contributed by atoms with Gasteiger partial charge in [-0.05, 0) is 86.2 Å². The lowest BCUT2D eigenvalue weighted by atomic mass is 9.82. The van der Waals surface area contributed by atoms with Crippen molar-refractivity contribution in [1.29, 1.82) is 5.26 Å². The summed E-state index contributed by atoms with van der Waals surface area (Å²) < 4.78 is 11.1. The Morgan fingerprint density at radius 2 is 2.00 bits per heavy atom. The number of aromatic nitrogens is 1. The molecule has 1 aromatic carbocycles. The molecule has 36 heavy (non-hydrogen) atoms. The largest absolute Gasteiger partial charge is 0.480 e. The van der Waals surface area contributed by atoms with Crippen LogP contribution in [-0.4, -0.2) is 48.8 Å². The summed E-state index contributed by atoms with van der Waals surface area (Å²) in [5.41, 5.74) is 3.37. The number of pyridine rings is 1. The van der Waals surface area contributed by atoms with Crippen molar-refractivity contribution in [3.05, 3.63) is 47.0 Å². The number of fused-ring (bicyclic) bond motifs is 2. The summed E-state index contributed by atoms with van der Waals surface area (Å²) in [5, 5.41) is 15.8. The highest BCUT2D eigenvalue weighted by Crippen LogP contribution is 2.35. The van der Waals surface area contributed by atoms with Crippen LogP contribution in [-0.2, 0) is 22.4 Å². The summed E-state index contributed by atoms with van der Waals surface area (Å²) >= 11 is 0. The number of rotatable bonds is 5. The molecule has 2 unspecified atom stereocenters. The zero-order valence-corrected chi connectivity index (χ0v) is 20.0. The van der Waals surface area contributed by atoms with Gasteiger partial charge in [0.05, 0.1) is 18.2 Å². The maximum absolute atomic E-state index is 12.6. The van der Waals surface area contributed by atoms with Gasteiger partial charge >= 0.3 is 6.09 Å². The average molecular weight is 488 g/mol. The van der Waals surface area contributed by atoms with E-state index in [2.05, 4.69) is 27.8 Å². The summed E-state index contributed by atoms with van der Waals surface area (Å²) in [5.74, 6) is 1.90. The van der Waals surface area contributed by atoms with Gasteiger partial charge in [0.15, 0.2) is 18.2 Å². The molecule has 4 aliphatic rings. The SMILES string of the molecule is N#Cc1cccc2c1CC(CN[C@H]1CC[C@H](C3CN(c4ccc5c(n4)NC(=O)CO5)C(=O)O3)CC1)C2. The van der Waals surface area contributed by atoms with Crippen molar-refractivity contribution in [2.45, 2.75) is 50.7 Å². The van der Waals surface area contributed by atoms with Gasteiger partial charge in [0.1, 0.15) is 11.9 Å². The van der Waals surface area contributed by atoms with Crippen LogP contribution in [0.3, 0.4) is 0 Å². The number of ether oxygens (including phenoxy) is 2. The quantitative estimate of drug-likeness (QED) is 0.665. The zero-order chi connectivity index (χ0) is 24.6. The van der Waals surface area contributed by atoms with Crippen molar-refractivity contribution >= 4 is 23.6 Å². The Morgan fingerprint density at radius 3 is 2.83 bits per heavy atom. The summed E-state index contributed by atoms with van der Waals surface area (Å²) in [6, 6.07) is 12.3. The molecule has 1 saturated heterocycles. The fourth-order valence-corrected chi connectivity index (χ4v) is 6.04. The number of carbonyl (C=O) groups excluding carboxylic acids is 2. The number of hydrogen-bond donors (Lipinski definition) is 2. The summed E-state index contributed by atoms with van der Waals surface area (Å²) in [6.07, 6.45) is 5.59. The van der Waals surface area contributed by atoms with E-state index >= 15 is 0 Å². The van der Waals surface area contributed by atoms with Crippen LogP contribution in [0.2, 0.25) is 0 Å². The minimum Gasteiger partial charge on any atom is -0.480 e. The van der Waals surface area contributed by atoms with Gasteiger partial charge < -0.3 is 20.1 Å². The van der Waals surface area contributed by atoms with Crippen LogP contribution >= 0.6 is 0 Å². The lowest BCUT2D eigenvalue weighted by Gasteiger charge is -2.32. The molecule has 2 fully saturated rings. The maximum atomic E-state index is 12.6. The maximum Gasteiger partial charge on any atom is 0.415 e. The van der Waals surface area contributed by atoms with E-state index in [1.54, 1.807) is 17.0 Å². The van der Waals surface area contributed by atoms with Gasteiger partial charge in [0, 0.05) is 6.04 Å². The van der Waals surface area contributed by atoms with Gasteiger partial charge in [-0.15, -0.1) is 0 Å². The number of benzene rings is 1. The molecule has 0 bridgehead atoms. The van der Waals surface area contributed by atoms with Crippen molar-refractivity contribution < 1.29 is 19.1 Å². The molecule has 1 saturated carbocycles. The van der Waals surface area contributed by atoms with Gasteiger partial charge in [-0.1, -0.05) is 12.1 Å². The molecule has 186 valence electrons. The molecule has 9 heteroatoms. The predicted octanol–water partition coefficient (Wildman–Crippen LogP) is 3.17. The molecule has 2 N–H and O–H groups in total. The van der Waals surface area contributed by atoms with Crippen LogP contribution in [0.1, 0.15) is 42.4 Å². The van der Waals surface area contributed by atoms with Gasteiger partial charge in [0.25, 0.3) is 5.91 Å². The second-order valence-corrected chi connectivity index (χ2v) is 10.2. The molecule has 2 amide bonds. The second kappa shape index (κ2) is 9.43. The zero-order valence-electron chi connectivity index (χ0n) is 20.0. The number of cyclic esters (lactones) is 1. The second-order valence-electron chi connectivity index (χ2n) is 10.2. The Labute approximate surface area is 209 Å². The van der Waals surface area contributed by atoms with E-state index < -0.39 is 6.09 Å². The van der Waals surface area contributed by atoms with Gasteiger partial charge in [-0.2, -0.15) is 5.26 Å². The fraction of sp³-hybridized carbons (Fsp3) is 0.481. The van der Waals surface area contributed by atoms with Crippen LogP contribution < -0.4 is 20.3 Å². The number of nitrogens with one attached hydrogen (secondary N) is 2. The number of hydrogen-bond acceptors (Lipinski definition) is 7. The lowest BCUT2D eigenvalue weighted by Crippen LogP contribution is -2.39. The number of anilines is 2. The Balaban J connectivity index is 0.996. The first-order chi connectivity index (χ1) is 17.6. The number of nitrogens with zero attached hydrogens (tertiary/aromatic N) is 3. The normalized spacial score (nSPS) is 26.9. The molecule has 2 aliphatic carbocycles. The topological polar surface area (TPSA) is 117 Å². The Kier molecular flexibility index (Phi) is 5.97. The standard InChI is InChI=1S/C27H29N5O4/c28-12-19-3-1-2-18-10-16(11-21(18)19)13-29-20-6-4-17(5-7-20)23-14-32(27(34)36-23)24-9-8-22-26(30-24)31-25(33)15-35-22/h1-3,8-9,16-17,20,23,29H,4-7,10-11,13-15H2,(H,30,31,33)/t16?,17-,20-,23?. The van der Waals surface area contributed by atoms with Gasteiger partial charge in [0.2, 0.25) is 0 Å². The molecule has 0 radical (unpaired) electrons. The van der Waals surface area contributed by atoms with Crippen molar-refractivity contribution in [1.82, 2.24) is 10.3 Å². The van der Waals surface area contributed by atoms with E-state index in [-0.39, 0.29) is 18.6 Å². The predicted molar refractivity (Wildman–Crippen MR) is 132 cm³/mol. The minimum atomic E-state index is -0.395. The summed E-state index contributed by atoms with van der Waals surface area (Å²) in [4.78, 5) is 30.2. The van der Waals surface area contributed by atoms with Crippen molar-refractivity contribution in [3.63, 3.8) is 0 Å². The van der Waals surface area contributed by atoms with E-state index in [4.69, 9.17) is 9.47 Å². The van der Waals surface area contributed by atoms with Gasteiger partial charge in [-0.25, -0.2) is 9.78 Å². The Morgan fingerprint density at radius 1 is 1.14 bits per heavy atom. The smallest absolute Gasteiger partial charge is 0.415 e. The number of carbonyl (C=O) groups is 2. The molecule has 3 heterocycles. The highest BCUT2D eigenvalue weighted by atomic mass is 16.6. The Hall–Kier alpha value is -3.64. The first-order valence-electron chi connectivity index (χ1n) is 12.7. The van der Waals surface area contributed by atoms with Crippen LogP contribution in [0.15, 0.2) is 30.3 Å². The van der Waals surface area contributed by atoms with Crippen molar-refractivity contribution in [2.24, 2.45) is 11.8 Å². The first kappa shape index (κ1) is 22.8. The van der Waals surface area contributed by atoms with E-state index in [1.165, 1.54) is 11.1 Å². The molecular formula is C27H29N5O4. The number of amides is 2. The summed E-state index contributed by atoms with van der Waals surface area (Å²) in [7, 11) is 0. The molecule has 9 nitrogen and oxygen atoms in total. The van der Waals surface area contributed by atoms with E-state index in [0.29, 0.717) is 41.8 Å². The molecule has 6 rings (SSSR count). The van der Waals surface area contributed by atoms with Crippen LogP contribution in [0.4, 0.5) is 16.4 Å². The van der Waals surface area contributed by atoms with E-state index in [9.17, 15) is 14.9 Å². The molecule has 2 aromatic rings. The highest BCUT2D eigenvalue weighted by Gasteiger charge is 2.40. The molecule has 1 aromatic heterocycles. The van der Waals surface area contributed by atoms with Gasteiger partial charge in [-0.3, -0.25) is 9.69 Å². The third-order valence-corrected chi connectivity index (χ3v) is 7.96. The third-order valence-electron chi connectivity index (χ3n) is 7.96. The summed E-state index contributed by atoms with van der Waals surface area (Å²) in [6.45, 7) is 1.39. The molecular weight excluding hydrogens is 458 g/mol. The van der Waals surface area contributed by atoms with E-state index in [1.807, 2.05) is 12.1 Å². The van der Waals surface area contributed by atoms with Crippen molar-refractivity contribution in [2.75, 3.05) is 29.9 Å². The fourth-order valence-electron chi connectivity index (χ4n) is 6.04. The minimum absolute atomic E-state index is 0.0319. The molecule has 2 aliphatic heterocycles. The third kappa shape index (κ3) is 4.37. The highest BCUT2D eigenvalue weighted by molar-refractivity contribution is 5.95. The molecule has 0 spiro atoms. The Bertz CT molecular complexity index is 1230. The lowest BCUT2D eigenvalue weighted by molar-refractivity contribution is -0.118. The average Bonchev–Trinajstić information content (AvgIpc) is 3.50. The number of nitriles is 1. The van der Waals surface area contributed by atoms with Crippen LogP contribution in [0.5, 0.6) is 5.75 Å². The van der Waals surface area contributed by atoms with Crippen LogP contribution in [0.25, 0.3) is 0 Å². The van der Waals surface area contributed by atoms with Crippen molar-refractivity contribution in [3.8, 4) is 11.8 Å². The van der Waals surface area contributed by atoms with E-state index in [0.717, 1.165) is 50.6 Å². The first-order valence-corrected chi connectivity index (χ1v) is 12.7. The van der Waals surface area contributed by atoms with Crippen LogP contribution in [0, 0.1) is 23.2 Å². The molecule has 2 atom stereocenters. The monoisotopic (exact) mass is 487 g/mol.